The van der Waals surface area contributed by atoms with Gasteiger partial charge in [0.25, 0.3) is 5.91 Å². The first-order chi connectivity index (χ1) is 11.5. The fourth-order valence-corrected chi connectivity index (χ4v) is 2.08. The number of nitrogens with one attached hydrogen (secondary N) is 2. The number of carbonyl (C=O) groups excluding carboxylic acids is 2. The first-order valence-electron chi connectivity index (χ1n) is 7.08. The van der Waals surface area contributed by atoms with Crippen LogP contribution in [0.1, 0.15) is 15.9 Å². The zero-order valence-corrected chi connectivity index (χ0v) is 13.3. The summed E-state index contributed by atoms with van der Waals surface area (Å²) in [6.07, 6.45) is -0.803. The van der Waals surface area contributed by atoms with Crippen LogP contribution >= 0.6 is 0 Å². The molecular formula is C17H17FN2O4. The Morgan fingerprint density at radius 1 is 1.08 bits per heavy atom. The summed E-state index contributed by atoms with van der Waals surface area (Å²) < 4.78 is 23.2. The van der Waals surface area contributed by atoms with Crippen LogP contribution in [0.3, 0.4) is 0 Å². The first-order valence-corrected chi connectivity index (χ1v) is 7.08. The molecule has 7 heteroatoms. The molecule has 0 heterocycles. The molecule has 0 radical (unpaired) electrons. The Kier molecular flexibility index (Phi) is 5.86. The molecular weight excluding hydrogens is 315 g/mol. The largest absolute Gasteiger partial charge is 0.453 e. The number of amides is 2. The van der Waals surface area contributed by atoms with Crippen LogP contribution in [0.5, 0.6) is 0 Å². The van der Waals surface area contributed by atoms with Crippen molar-refractivity contribution in [3.63, 3.8) is 0 Å². The van der Waals surface area contributed by atoms with E-state index >= 15 is 0 Å². The van der Waals surface area contributed by atoms with E-state index in [9.17, 15) is 14.0 Å². The summed E-state index contributed by atoms with van der Waals surface area (Å²) in [5.41, 5.74) is 1.42. The highest BCUT2D eigenvalue weighted by molar-refractivity contribution is 6.05. The van der Waals surface area contributed by atoms with Gasteiger partial charge in [0.2, 0.25) is 0 Å². The average molecular weight is 332 g/mol. The highest BCUT2D eigenvalue weighted by atomic mass is 19.1. The van der Waals surface area contributed by atoms with Crippen LogP contribution in [0, 0.1) is 5.82 Å². The standard InChI is InChI=1S/C17H17FN2O4/c1-23-10-11-5-3-4-6-13(11)16(21)19-12-7-8-14(18)15(9-12)20-17(22)24-2/h3-9H,10H2,1-2H3,(H,19,21)(H,20,22). The number of ether oxygens (including phenoxy) is 2. The van der Waals surface area contributed by atoms with Gasteiger partial charge in [0.05, 0.1) is 19.4 Å². The molecule has 0 aliphatic heterocycles. The number of anilines is 2. The second kappa shape index (κ2) is 8.07. The summed E-state index contributed by atoms with van der Waals surface area (Å²) in [6.45, 7) is 0.294. The van der Waals surface area contributed by atoms with Crippen molar-refractivity contribution in [2.45, 2.75) is 6.61 Å². The van der Waals surface area contributed by atoms with Gasteiger partial charge in [-0.05, 0) is 29.8 Å². The number of hydrogen-bond donors (Lipinski definition) is 2. The van der Waals surface area contributed by atoms with E-state index in [4.69, 9.17) is 4.74 Å². The Balaban J connectivity index is 2.20. The lowest BCUT2D eigenvalue weighted by molar-refractivity contribution is 0.102. The summed E-state index contributed by atoms with van der Waals surface area (Å²) >= 11 is 0. The molecule has 0 fully saturated rings. The van der Waals surface area contributed by atoms with Gasteiger partial charge in [-0.3, -0.25) is 10.1 Å². The predicted octanol–water partition coefficient (Wildman–Crippen LogP) is 3.40. The fraction of sp³-hybridized carbons (Fsp3) is 0.176. The lowest BCUT2D eigenvalue weighted by Gasteiger charge is -2.11. The van der Waals surface area contributed by atoms with Crippen molar-refractivity contribution in [3.05, 3.63) is 59.4 Å². The van der Waals surface area contributed by atoms with Crippen LogP contribution in [0.15, 0.2) is 42.5 Å². The zero-order chi connectivity index (χ0) is 17.5. The molecule has 6 nitrogen and oxygen atoms in total. The molecule has 0 aliphatic carbocycles. The van der Waals surface area contributed by atoms with Gasteiger partial charge in [-0.1, -0.05) is 18.2 Å². The van der Waals surface area contributed by atoms with E-state index in [1.54, 1.807) is 31.4 Å². The fourth-order valence-electron chi connectivity index (χ4n) is 2.08. The molecule has 2 N–H and O–H groups in total. The van der Waals surface area contributed by atoms with Crippen molar-refractivity contribution >= 4 is 23.4 Å². The Bertz CT molecular complexity index is 749. The smallest absolute Gasteiger partial charge is 0.411 e. The van der Waals surface area contributed by atoms with E-state index in [1.807, 2.05) is 0 Å². The van der Waals surface area contributed by atoms with Crippen LogP contribution in [-0.4, -0.2) is 26.2 Å². The van der Waals surface area contributed by atoms with Crippen molar-refractivity contribution in [2.75, 3.05) is 24.9 Å². The van der Waals surface area contributed by atoms with Gasteiger partial charge in [-0.15, -0.1) is 0 Å². The van der Waals surface area contributed by atoms with Gasteiger partial charge in [0.1, 0.15) is 5.82 Å². The minimum Gasteiger partial charge on any atom is -0.453 e. The van der Waals surface area contributed by atoms with Crippen LogP contribution < -0.4 is 10.6 Å². The summed E-state index contributed by atoms with van der Waals surface area (Å²) in [4.78, 5) is 23.6. The number of hydrogen-bond acceptors (Lipinski definition) is 4. The Labute approximate surface area is 138 Å². The third-order valence-corrected chi connectivity index (χ3v) is 3.21. The van der Waals surface area contributed by atoms with Gasteiger partial charge in [0.15, 0.2) is 0 Å². The van der Waals surface area contributed by atoms with Crippen LogP contribution in [0.2, 0.25) is 0 Å². The molecule has 2 amide bonds. The Hall–Kier alpha value is -2.93. The molecule has 24 heavy (non-hydrogen) atoms. The normalized spacial score (nSPS) is 10.1. The number of carbonyl (C=O) groups is 2. The van der Waals surface area contributed by atoms with E-state index in [1.165, 1.54) is 19.2 Å². The number of rotatable bonds is 5. The van der Waals surface area contributed by atoms with Gasteiger partial charge < -0.3 is 14.8 Å². The molecule has 2 aromatic rings. The van der Waals surface area contributed by atoms with Crippen molar-refractivity contribution in [3.8, 4) is 0 Å². The van der Waals surface area contributed by atoms with E-state index in [2.05, 4.69) is 15.4 Å². The summed E-state index contributed by atoms with van der Waals surface area (Å²) in [7, 11) is 2.71. The predicted molar refractivity (Wildman–Crippen MR) is 87.5 cm³/mol. The number of halogens is 1. The molecule has 0 aromatic heterocycles. The molecule has 0 aliphatic rings. The monoisotopic (exact) mass is 332 g/mol. The summed E-state index contributed by atoms with van der Waals surface area (Å²) in [5.74, 6) is -1.00. The quantitative estimate of drug-likeness (QED) is 0.880. The third-order valence-electron chi connectivity index (χ3n) is 3.21. The minimum absolute atomic E-state index is 0.0928. The SMILES string of the molecule is COCc1ccccc1C(=O)Nc1ccc(F)c(NC(=O)OC)c1. The number of methoxy groups -OCH3 is 2. The maximum atomic E-state index is 13.7. The second-order valence-electron chi connectivity index (χ2n) is 4.86. The van der Waals surface area contributed by atoms with Gasteiger partial charge in [-0.2, -0.15) is 0 Å². The molecule has 0 saturated carbocycles. The number of benzene rings is 2. The maximum Gasteiger partial charge on any atom is 0.411 e. The topological polar surface area (TPSA) is 76.7 Å². The molecule has 126 valence electrons. The van der Waals surface area contributed by atoms with Crippen molar-refractivity contribution in [1.82, 2.24) is 0 Å². The zero-order valence-electron chi connectivity index (χ0n) is 13.3. The first kappa shape index (κ1) is 17.4. The second-order valence-corrected chi connectivity index (χ2v) is 4.86. The Morgan fingerprint density at radius 3 is 2.54 bits per heavy atom. The minimum atomic E-state index is -0.803. The molecule has 2 rings (SSSR count). The average Bonchev–Trinajstić information content (AvgIpc) is 2.58. The van der Waals surface area contributed by atoms with E-state index in [0.29, 0.717) is 17.9 Å². The van der Waals surface area contributed by atoms with Crippen molar-refractivity contribution in [1.29, 1.82) is 0 Å². The van der Waals surface area contributed by atoms with Crippen LogP contribution in [0.25, 0.3) is 0 Å². The highest BCUT2D eigenvalue weighted by Gasteiger charge is 2.13. The third kappa shape index (κ3) is 4.30. The summed E-state index contributed by atoms with van der Waals surface area (Å²) in [5, 5.41) is 4.90. The molecule has 2 aromatic carbocycles. The molecule has 0 spiro atoms. The van der Waals surface area contributed by atoms with Gasteiger partial charge in [0, 0.05) is 18.4 Å². The molecule has 0 saturated heterocycles. The van der Waals surface area contributed by atoms with E-state index in [-0.39, 0.29) is 11.6 Å². The lowest BCUT2D eigenvalue weighted by Crippen LogP contribution is -2.16. The van der Waals surface area contributed by atoms with Crippen molar-refractivity contribution < 1.29 is 23.5 Å². The van der Waals surface area contributed by atoms with Crippen molar-refractivity contribution in [2.24, 2.45) is 0 Å². The van der Waals surface area contributed by atoms with Crippen LogP contribution in [0.4, 0.5) is 20.6 Å². The highest BCUT2D eigenvalue weighted by Crippen LogP contribution is 2.21. The molecule has 0 bridgehead atoms. The summed E-state index contributed by atoms with van der Waals surface area (Å²) in [6, 6.07) is 10.8. The van der Waals surface area contributed by atoms with Crippen LogP contribution in [-0.2, 0) is 16.1 Å². The lowest BCUT2D eigenvalue weighted by atomic mass is 10.1. The van der Waals surface area contributed by atoms with Gasteiger partial charge in [-0.25, -0.2) is 9.18 Å². The maximum absolute atomic E-state index is 13.7. The van der Waals surface area contributed by atoms with E-state index in [0.717, 1.165) is 11.6 Å². The Morgan fingerprint density at radius 2 is 1.83 bits per heavy atom. The van der Waals surface area contributed by atoms with Gasteiger partial charge >= 0.3 is 6.09 Å². The van der Waals surface area contributed by atoms with E-state index < -0.39 is 11.9 Å². The molecule has 0 unspecified atom stereocenters. The molecule has 0 atom stereocenters.